The standard InChI is InChI=1S/C23H22ClN3O5/c1-14-6-11-17-19(12-14)23(30)26(22(17)29)25(21(28)18-4-2-3-5-20(18)24)13-15-7-9-16(10-8-15)27(31)32/h2-5,7-10,14,17,19H,6,11-13H2,1H3/t14-,17+,19+/m1/s1. The van der Waals surface area contributed by atoms with E-state index in [1.54, 1.807) is 18.2 Å². The van der Waals surface area contributed by atoms with Crippen LogP contribution in [0.5, 0.6) is 0 Å². The number of halogens is 1. The van der Waals surface area contributed by atoms with Gasteiger partial charge in [-0.15, -0.1) is 0 Å². The van der Waals surface area contributed by atoms with Crippen molar-refractivity contribution in [3.63, 3.8) is 0 Å². The zero-order valence-corrected chi connectivity index (χ0v) is 18.2. The van der Waals surface area contributed by atoms with Crippen molar-refractivity contribution in [2.24, 2.45) is 17.8 Å². The van der Waals surface area contributed by atoms with Gasteiger partial charge in [-0.2, -0.15) is 5.01 Å². The number of hydrogen-bond acceptors (Lipinski definition) is 5. The molecule has 1 aliphatic heterocycles. The Labute approximate surface area is 189 Å². The Kier molecular flexibility index (Phi) is 5.97. The fraction of sp³-hybridized carbons (Fsp3) is 0.348. The summed E-state index contributed by atoms with van der Waals surface area (Å²) in [4.78, 5) is 50.4. The molecule has 32 heavy (non-hydrogen) atoms. The minimum atomic E-state index is -0.581. The molecule has 0 aromatic heterocycles. The predicted molar refractivity (Wildman–Crippen MR) is 116 cm³/mol. The number of benzene rings is 2. The molecule has 2 aromatic carbocycles. The van der Waals surface area contributed by atoms with Gasteiger partial charge in [0.05, 0.1) is 33.9 Å². The van der Waals surface area contributed by atoms with Gasteiger partial charge in [0, 0.05) is 12.1 Å². The molecule has 1 aliphatic carbocycles. The van der Waals surface area contributed by atoms with Gasteiger partial charge in [-0.1, -0.05) is 42.8 Å². The van der Waals surface area contributed by atoms with E-state index in [1.165, 1.54) is 30.3 Å². The molecule has 1 saturated heterocycles. The average Bonchev–Trinajstić information content (AvgIpc) is 3.01. The van der Waals surface area contributed by atoms with Gasteiger partial charge in [-0.3, -0.25) is 24.5 Å². The lowest BCUT2D eigenvalue weighted by molar-refractivity contribution is -0.384. The first kappa shape index (κ1) is 22.0. The SMILES string of the molecule is C[C@@H]1CC[C@@H]2C(=O)N(N(Cc3ccc([N+](=O)[O-])cc3)C(=O)c3ccccc3Cl)C(=O)[C@H]2C1. The van der Waals surface area contributed by atoms with Crippen LogP contribution in [0, 0.1) is 27.9 Å². The van der Waals surface area contributed by atoms with Crippen molar-refractivity contribution in [2.75, 3.05) is 0 Å². The number of nitro benzene ring substituents is 1. The Morgan fingerprint density at radius 3 is 2.41 bits per heavy atom. The Morgan fingerprint density at radius 1 is 1.09 bits per heavy atom. The number of nitro groups is 1. The van der Waals surface area contributed by atoms with Gasteiger partial charge < -0.3 is 0 Å². The van der Waals surface area contributed by atoms with Crippen LogP contribution in [0.25, 0.3) is 0 Å². The number of rotatable bonds is 5. The lowest BCUT2D eigenvalue weighted by Gasteiger charge is -2.31. The van der Waals surface area contributed by atoms with Crippen molar-refractivity contribution in [1.82, 2.24) is 10.0 Å². The molecule has 166 valence electrons. The molecule has 0 N–H and O–H groups in total. The highest BCUT2D eigenvalue weighted by Gasteiger charge is 2.52. The van der Waals surface area contributed by atoms with Gasteiger partial charge in [0.25, 0.3) is 23.4 Å². The third-order valence-electron chi connectivity index (χ3n) is 6.22. The van der Waals surface area contributed by atoms with Crippen molar-refractivity contribution in [3.8, 4) is 0 Å². The van der Waals surface area contributed by atoms with Crippen molar-refractivity contribution < 1.29 is 19.3 Å². The molecule has 4 rings (SSSR count). The first-order valence-corrected chi connectivity index (χ1v) is 10.8. The van der Waals surface area contributed by atoms with Crippen LogP contribution in [0.4, 0.5) is 5.69 Å². The lowest BCUT2D eigenvalue weighted by Crippen LogP contribution is -2.49. The summed E-state index contributed by atoms with van der Waals surface area (Å²) in [7, 11) is 0. The molecule has 0 spiro atoms. The third kappa shape index (κ3) is 3.98. The Hall–Kier alpha value is -3.26. The molecular weight excluding hydrogens is 434 g/mol. The summed E-state index contributed by atoms with van der Waals surface area (Å²) < 4.78 is 0. The number of carbonyl (C=O) groups is 3. The van der Waals surface area contributed by atoms with Crippen molar-refractivity contribution in [3.05, 3.63) is 74.8 Å². The minimum absolute atomic E-state index is 0.0916. The molecule has 2 aromatic rings. The van der Waals surface area contributed by atoms with E-state index in [1.807, 2.05) is 0 Å². The van der Waals surface area contributed by atoms with Gasteiger partial charge in [0.15, 0.2) is 0 Å². The number of hydrogen-bond donors (Lipinski definition) is 0. The molecule has 3 atom stereocenters. The van der Waals surface area contributed by atoms with Gasteiger partial charge in [0.1, 0.15) is 0 Å². The van der Waals surface area contributed by atoms with Crippen LogP contribution in [0.2, 0.25) is 5.02 Å². The zero-order chi connectivity index (χ0) is 23.0. The molecule has 3 amide bonds. The first-order valence-electron chi connectivity index (χ1n) is 10.5. The Balaban J connectivity index is 1.71. The number of amides is 3. The maximum Gasteiger partial charge on any atom is 0.274 e. The number of imide groups is 1. The normalized spacial score (nSPS) is 22.6. The predicted octanol–water partition coefficient (Wildman–Crippen LogP) is 4.23. The summed E-state index contributed by atoms with van der Waals surface area (Å²) in [5.74, 6) is -1.89. The Bertz CT molecular complexity index is 1090. The van der Waals surface area contributed by atoms with E-state index in [9.17, 15) is 24.5 Å². The largest absolute Gasteiger partial charge is 0.274 e. The molecule has 0 bridgehead atoms. The quantitative estimate of drug-likeness (QED) is 0.381. The van der Waals surface area contributed by atoms with Crippen LogP contribution in [0.3, 0.4) is 0 Å². The Morgan fingerprint density at radius 2 is 1.75 bits per heavy atom. The van der Waals surface area contributed by atoms with E-state index in [0.717, 1.165) is 16.4 Å². The number of non-ortho nitro benzene ring substituents is 1. The maximum atomic E-state index is 13.5. The summed E-state index contributed by atoms with van der Waals surface area (Å²) in [6.07, 6.45) is 2.07. The molecule has 1 heterocycles. The van der Waals surface area contributed by atoms with Crippen LogP contribution in [-0.2, 0) is 16.1 Å². The van der Waals surface area contributed by atoms with Crippen molar-refractivity contribution >= 4 is 35.0 Å². The molecule has 0 unspecified atom stereocenters. The highest BCUT2D eigenvalue weighted by molar-refractivity contribution is 6.33. The van der Waals surface area contributed by atoms with Crippen LogP contribution >= 0.6 is 11.6 Å². The number of nitrogens with zero attached hydrogens (tertiary/aromatic N) is 3. The fourth-order valence-corrected chi connectivity index (χ4v) is 4.73. The molecule has 2 fully saturated rings. The summed E-state index contributed by atoms with van der Waals surface area (Å²) in [6, 6.07) is 12.1. The minimum Gasteiger partial charge on any atom is -0.272 e. The lowest BCUT2D eigenvalue weighted by atomic mass is 9.76. The van der Waals surface area contributed by atoms with E-state index in [4.69, 9.17) is 11.6 Å². The molecule has 0 radical (unpaired) electrons. The van der Waals surface area contributed by atoms with Crippen LogP contribution in [-0.4, -0.2) is 32.7 Å². The summed E-state index contributed by atoms with van der Waals surface area (Å²) in [6.45, 7) is 1.95. The molecular formula is C23H22ClN3O5. The second-order valence-electron chi connectivity index (χ2n) is 8.39. The first-order chi connectivity index (χ1) is 15.3. The second-order valence-corrected chi connectivity index (χ2v) is 8.79. The number of hydrazine groups is 1. The van der Waals surface area contributed by atoms with E-state index in [-0.39, 0.29) is 34.6 Å². The molecule has 2 aliphatic rings. The highest BCUT2D eigenvalue weighted by atomic mass is 35.5. The second kappa shape index (κ2) is 8.70. The summed E-state index contributed by atoms with van der Waals surface area (Å²) in [5, 5.41) is 13.3. The van der Waals surface area contributed by atoms with E-state index >= 15 is 0 Å². The summed E-state index contributed by atoms with van der Waals surface area (Å²) in [5.41, 5.74) is 0.617. The van der Waals surface area contributed by atoms with E-state index in [0.29, 0.717) is 24.3 Å². The average molecular weight is 456 g/mol. The fourth-order valence-electron chi connectivity index (χ4n) is 4.51. The number of fused-ring (bicyclic) bond motifs is 1. The molecule has 8 nitrogen and oxygen atoms in total. The van der Waals surface area contributed by atoms with E-state index < -0.39 is 22.7 Å². The van der Waals surface area contributed by atoms with Gasteiger partial charge in [-0.25, -0.2) is 5.01 Å². The van der Waals surface area contributed by atoms with Crippen LogP contribution in [0.1, 0.15) is 42.1 Å². The van der Waals surface area contributed by atoms with E-state index in [2.05, 4.69) is 6.92 Å². The monoisotopic (exact) mass is 455 g/mol. The van der Waals surface area contributed by atoms with Gasteiger partial charge in [-0.05, 0) is 42.9 Å². The molecule has 9 heteroatoms. The van der Waals surface area contributed by atoms with Crippen LogP contribution < -0.4 is 0 Å². The topological polar surface area (TPSA) is 101 Å². The van der Waals surface area contributed by atoms with Crippen molar-refractivity contribution in [2.45, 2.75) is 32.7 Å². The molecule has 1 saturated carbocycles. The smallest absolute Gasteiger partial charge is 0.272 e. The number of carbonyl (C=O) groups excluding carboxylic acids is 3. The maximum absolute atomic E-state index is 13.5. The van der Waals surface area contributed by atoms with Gasteiger partial charge >= 0.3 is 0 Å². The third-order valence-corrected chi connectivity index (χ3v) is 6.55. The van der Waals surface area contributed by atoms with Crippen LogP contribution in [0.15, 0.2) is 48.5 Å². The zero-order valence-electron chi connectivity index (χ0n) is 17.4. The van der Waals surface area contributed by atoms with Crippen molar-refractivity contribution in [1.29, 1.82) is 0 Å². The summed E-state index contributed by atoms with van der Waals surface area (Å²) >= 11 is 6.23. The van der Waals surface area contributed by atoms with Gasteiger partial charge in [0.2, 0.25) is 0 Å². The highest BCUT2D eigenvalue weighted by Crippen LogP contribution is 2.41.